The van der Waals surface area contributed by atoms with E-state index in [9.17, 15) is 9.90 Å². The average Bonchev–Trinajstić information content (AvgIpc) is 2.63. The van der Waals surface area contributed by atoms with Gasteiger partial charge in [0, 0.05) is 30.3 Å². The van der Waals surface area contributed by atoms with Crippen molar-refractivity contribution in [2.75, 3.05) is 29.9 Å². The lowest BCUT2D eigenvalue weighted by Crippen LogP contribution is -2.35. The first-order valence-corrected chi connectivity index (χ1v) is 8.57. The highest BCUT2D eigenvalue weighted by Crippen LogP contribution is 2.30. The average molecular weight is 345 g/mol. The second kappa shape index (κ2) is 7.69. The van der Waals surface area contributed by atoms with Gasteiger partial charge in [-0.3, -0.25) is 4.79 Å². The Kier molecular flexibility index (Phi) is 5.38. The molecule has 2 aromatic carbocycles. The van der Waals surface area contributed by atoms with Crippen LogP contribution in [0.3, 0.4) is 0 Å². The van der Waals surface area contributed by atoms with Crippen molar-refractivity contribution in [2.24, 2.45) is 5.92 Å². The summed E-state index contributed by atoms with van der Waals surface area (Å²) in [6, 6.07) is 14.7. The van der Waals surface area contributed by atoms with Gasteiger partial charge in [0.1, 0.15) is 0 Å². The summed E-state index contributed by atoms with van der Waals surface area (Å²) >= 11 is 5.87. The summed E-state index contributed by atoms with van der Waals surface area (Å²) in [6.07, 6.45) is 1.94. The van der Waals surface area contributed by atoms with E-state index in [2.05, 4.69) is 10.2 Å². The number of hydrogen-bond acceptors (Lipinski definition) is 3. The van der Waals surface area contributed by atoms with E-state index < -0.39 is 0 Å². The van der Waals surface area contributed by atoms with Crippen molar-refractivity contribution in [3.8, 4) is 0 Å². The van der Waals surface area contributed by atoms with Crippen molar-refractivity contribution in [2.45, 2.75) is 12.8 Å². The summed E-state index contributed by atoms with van der Waals surface area (Å²) in [5.74, 6) is 0.237. The molecule has 1 heterocycles. The zero-order valence-corrected chi connectivity index (χ0v) is 14.2. The van der Waals surface area contributed by atoms with E-state index in [1.165, 1.54) is 0 Å². The van der Waals surface area contributed by atoms with E-state index in [1.54, 1.807) is 24.3 Å². The maximum atomic E-state index is 12.5. The van der Waals surface area contributed by atoms with Gasteiger partial charge in [-0.1, -0.05) is 23.7 Å². The van der Waals surface area contributed by atoms with Crippen LogP contribution in [0.2, 0.25) is 5.02 Å². The first kappa shape index (κ1) is 16.8. The zero-order valence-electron chi connectivity index (χ0n) is 13.4. The van der Waals surface area contributed by atoms with Gasteiger partial charge in [-0.05, 0) is 55.2 Å². The fourth-order valence-electron chi connectivity index (χ4n) is 3.01. The molecule has 0 atom stereocenters. The van der Waals surface area contributed by atoms with Crippen LogP contribution in [0.4, 0.5) is 11.4 Å². The number of benzene rings is 2. The van der Waals surface area contributed by atoms with Crippen molar-refractivity contribution < 1.29 is 9.90 Å². The molecule has 126 valence electrons. The molecule has 2 N–H and O–H groups in total. The number of para-hydroxylation sites is 2. The molecule has 0 radical (unpaired) electrons. The van der Waals surface area contributed by atoms with Crippen LogP contribution in [-0.4, -0.2) is 30.7 Å². The number of aliphatic hydroxyl groups excluding tert-OH is 1. The van der Waals surface area contributed by atoms with Crippen molar-refractivity contribution in [3.05, 3.63) is 59.1 Å². The van der Waals surface area contributed by atoms with Gasteiger partial charge < -0.3 is 15.3 Å². The fourth-order valence-corrected chi connectivity index (χ4v) is 3.13. The molecule has 0 aromatic heterocycles. The van der Waals surface area contributed by atoms with Crippen LogP contribution >= 0.6 is 11.6 Å². The summed E-state index contributed by atoms with van der Waals surface area (Å²) in [5, 5.41) is 12.9. The number of hydrogen-bond donors (Lipinski definition) is 2. The standard InChI is InChI=1S/C19H21ClN2O2/c20-16-7-5-15(6-8-16)19(24)21-17-3-1-2-4-18(17)22-11-9-14(13-23)10-12-22/h1-8,14,23H,9-13H2,(H,21,24). The van der Waals surface area contributed by atoms with E-state index in [0.717, 1.165) is 37.3 Å². The van der Waals surface area contributed by atoms with Crippen LogP contribution in [0.15, 0.2) is 48.5 Å². The zero-order chi connectivity index (χ0) is 16.9. The Bertz CT molecular complexity index is 695. The third kappa shape index (κ3) is 3.89. The largest absolute Gasteiger partial charge is 0.396 e. The molecule has 0 spiro atoms. The minimum atomic E-state index is -0.149. The molecule has 0 aliphatic carbocycles. The number of anilines is 2. The molecular weight excluding hydrogens is 324 g/mol. The number of nitrogens with one attached hydrogen (secondary N) is 1. The van der Waals surface area contributed by atoms with Crippen molar-refractivity contribution in [1.29, 1.82) is 0 Å². The SMILES string of the molecule is O=C(Nc1ccccc1N1CCC(CO)CC1)c1ccc(Cl)cc1. The van der Waals surface area contributed by atoms with E-state index in [0.29, 0.717) is 16.5 Å². The Morgan fingerprint density at radius 1 is 1.12 bits per heavy atom. The van der Waals surface area contributed by atoms with E-state index >= 15 is 0 Å². The predicted octanol–water partition coefficient (Wildman–Crippen LogP) is 3.80. The molecule has 0 bridgehead atoms. The highest BCUT2D eigenvalue weighted by molar-refractivity contribution is 6.30. The molecule has 3 rings (SSSR count). The van der Waals surface area contributed by atoms with Crippen molar-refractivity contribution >= 4 is 28.9 Å². The Morgan fingerprint density at radius 3 is 2.46 bits per heavy atom. The summed E-state index contributed by atoms with van der Waals surface area (Å²) in [4.78, 5) is 14.7. The number of rotatable bonds is 4. The van der Waals surface area contributed by atoms with Gasteiger partial charge in [0.15, 0.2) is 0 Å². The minimum absolute atomic E-state index is 0.149. The Hall–Kier alpha value is -2.04. The summed E-state index contributed by atoms with van der Waals surface area (Å²) < 4.78 is 0. The third-order valence-electron chi connectivity index (χ3n) is 4.47. The first-order chi connectivity index (χ1) is 11.7. The predicted molar refractivity (Wildman–Crippen MR) is 97.9 cm³/mol. The molecule has 1 aliphatic heterocycles. The molecule has 24 heavy (non-hydrogen) atoms. The van der Waals surface area contributed by atoms with Crippen molar-refractivity contribution in [1.82, 2.24) is 0 Å². The quantitative estimate of drug-likeness (QED) is 0.887. The molecule has 1 amide bonds. The summed E-state index contributed by atoms with van der Waals surface area (Å²) in [7, 11) is 0. The Balaban J connectivity index is 1.74. The van der Waals surface area contributed by atoms with Crippen molar-refractivity contribution in [3.63, 3.8) is 0 Å². The van der Waals surface area contributed by atoms with Crippen LogP contribution < -0.4 is 10.2 Å². The first-order valence-electron chi connectivity index (χ1n) is 8.19. The Morgan fingerprint density at radius 2 is 1.79 bits per heavy atom. The highest BCUT2D eigenvalue weighted by Gasteiger charge is 2.21. The lowest BCUT2D eigenvalue weighted by atomic mass is 9.97. The van der Waals surface area contributed by atoms with Gasteiger partial charge in [-0.15, -0.1) is 0 Å². The molecule has 0 saturated carbocycles. The molecule has 4 nitrogen and oxygen atoms in total. The normalized spacial score (nSPS) is 15.3. The van der Waals surface area contributed by atoms with Gasteiger partial charge in [0.2, 0.25) is 0 Å². The van der Waals surface area contributed by atoms with Gasteiger partial charge in [-0.25, -0.2) is 0 Å². The molecule has 0 unspecified atom stereocenters. The van der Waals surface area contributed by atoms with Crippen LogP contribution in [0, 0.1) is 5.92 Å². The molecule has 1 fully saturated rings. The number of carbonyl (C=O) groups excluding carboxylic acids is 1. The maximum Gasteiger partial charge on any atom is 0.255 e. The second-order valence-corrected chi connectivity index (χ2v) is 6.53. The lowest BCUT2D eigenvalue weighted by Gasteiger charge is -2.34. The van der Waals surface area contributed by atoms with Crippen LogP contribution in [-0.2, 0) is 0 Å². The molecule has 1 saturated heterocycles. The minimum Gasteiger partial charge on any atom is -0.396 e. The molecule has 2 aromatic rings. The summed E-state index contributed by atoms with van der Waals surface area (Å²) in [5.41, 5.74) is 2.41. The number of nitrogens with zero attached hydrogens (tertiary/aromatic N) is 1. The van der Waals surface area contributed by atoms with Crippen LogP contribution in [0.1, 0.15) is 23.2 Å². The fraction of sp³-hybridized carbons (Fsp3) is 0.316. The van der Waals surface area contributed by atoms with Gasteiger partial charge in [-0.2, -0.15) is 0 Å². The smallest absolute Gasteiger partial charge is 0.255 e. The molecular formula is C19H21ClN2O2. The Labute approximate surface area is 147 Å². The van der Waals surface area contributed by atoms with E-state index in [1.807, 2.05) is 24.3 Å². The van der Waals surface area contributed by atoms with Gasteiger partial charge in [0.25, 0.3) is 5.91 Å². The lowest BCUT2D eigenvalue weighted by molar-refractivity contribution is 0.102. The highest BCUT2D eigenvalue weighted by atomic mass is 35.5. The molecule has 5 heteroatoms. The number of amides is 1. The maximum absolute atomic E-state index is 12.5. The van der Waals surface area contributed by atoms with Crippen LogP contribution in [0.25, 0.3) is 0 Å². The molecule has 1 aliphatic rings. The third-order valence-corrected chi connectivity index (χ3v) is 4.72. The monoisotopic (exact) mass is 344 g/mol. The number of carbonyl (C=O) groups is 1. The summed E-state index contributed by atoms with van der Waals surface area (Å²) in [6.45, 7) is 2.03. The van der Waals surface area contributed by atoms with E-state index in [4.69, 9.17) is 11.6 Å². The number of aliphatic hydroxyl groups is 1. The second-order valence-electron chi connectivity index (χ2n) is 6.09. The number of piperidine rings is 1. The van der Waals surface area contributed by atoms with Crippen LogP contribution in [0.5, 0.6) is 0 Å². The topological polar surface area (TPSA) is 52.6 Å². The number of halogens is 1. The van der Waals surface area contributed by atoms with Gasteiger partial charge >= 0.3 is 0 Å². The van der Waals surface area contributed by atoms with E-state index in [-0.39, 0.29) is 12.5 Å². The van der Waals surface area contributed by atoms with Gasteiger partial charge in [0.05, 0.1) is 11.4 Å².